The fourth-order valence-electron chi connectivity index (χ4n) is 3.37. The second kappa shape index (κ2) is 5.59. The first kappa shape index (κ1) is 14.8. The number of benzene rings is 1. The van der Waals surface area contributed by atoms with E-state index >= 15 is 0 Å². The van der Waals surface area contributed by atoms with Crippen LogP contribution in [0.25, 0.3) is 0 Å². The zero-order valence-corrected chi connectivity index (χ0v) is 13.2. The minimum Gasteiger partial charge on any atom is -0.369 e. The van der Waals surface area contributed by atoms with E-state index in [0.29, 0.717) is 0 Å². The van der Waals surface area contributed by atoms with Crippen LogP contribution in [-0.2, 0) is 9.84 Å². The fraction of sp³-hybridized carbons (Fsp3) is 0.600. The Labute approximate surface area is 126 Å². The fourth-order valence-corrected chi connectivity index (χ4v) is 5.29. The summed E-state index contributed by atoms with van der Waals surface area (Å²) in [7, 11) is -2.95. The monoisotopic (exact) mass is 309 g/mol. The molecular weight excluding hydrogens is 286 g/mol. The van der Waals surface area contributed by atoms with Gasteiger partial charge in [0.2, 0.25) is 0 Å². The standard InChI is InChI=1S/C15H23N3O2S/c1-12-3-2-4-13(9-12)17-5-7-18(8-6-17)15-11-21(19,20)10-14(15)16/h2-4,9,14-15H,5-8,10-11,16H2,1H3. The van der Waals surface area contributed by atoms with Crippen LogP contribution in [0.4, 0.5) is 5.69 Å². The van der Waals surface area contributed by atoms with E-state index in [4.69, 9.17) is 5.73 Å². The number of anilines is 1. The summed E-state index contributed by atoms with van der Waals surface area (Å²) in [6.07, 6.45) is 0. The number of hydrogen-bond acceptors (Lipinski definition) is 5. The lowest BCUT2D eigenvalue weighted by Crippen LogP contribution is -2.55. The van der Waals surface area contributed by atoms with Gasteiger partial charge in [0.15, 0.2) is 9.84 Å². The van der Waals surface area contributed by atoms with Crippen LogP contribution in [0.1, 0.15) is 5.56 Å². The lowest BCUT2D eigenvalue weighted by molar-refractivity contribution is 0.187. The lowest BCUT2D eigenvalue weighted by Gasteiger charge is -2.40. The van der Waals surface area contributed by atoms with Crippen molar-refractivity contribution >= 4 is 15.5 Å². The van der Waals surface area contributed by atoms with E-state index in [1.165, 1.54) is 11.3 Å². The molecule has 2 aliphatic rings. The molecule has 0 bridgehead atoms. The molecule has 2 fully saturated rings. The SMILES string of the molecule is Cc1cccc(N2CCN(C3CS(=O)(=O)CC3N)CC2)c1. The molecule has 0 spiro atoms. The van der Waals surface area contributed by atoms with E-state index < -0.39 is 9.84 Å². The maximum absolute atomic E-state index is 11.7. The van der Waals surface area contributed by atoms with Crippen LogP contribution in [-0.4, -0.2) is 63.1 Å². The van der Waals surface area contributed by atoms with Crippen LogP contribution >= 0.6 is 0 Å². The van der Waals surface area contributed by atoms with Crippen molar-refractivity contribution in [3.63, 3.8) is 0 Å². The number of nitrogens with zero attached hydrogens (tertiary/aromatic N) is 2. The van der Waals surface area contributed by atoms with E-state index in [1.54, 1.807) is 0 Å². The van der Waals surface area contributed by atoms with E-state index in [1.807, 2.05) is 0 Å². The topological polar surface area (TPSA) is 66.6 Å². The third-order valence-electron chi connectivity index (χ3n) is 4.52. The number of hydrogen-bond donors (Lipinski definition) is 1. The van der Waals surface area contributed by atoms with E-state index in [-0.39, 0.29) is 23.6 Å². The summed E-state index contributed by atoms with van der Waals surface area (Å²) >= 11 is 0. The van der Waals surface area contributed by atoms with Crippen molar-refractivity contribution in [1.29, 1.82) is 0 Å². The molecule has 2 saturated heterocycles. The predicted octanol–water partition coefficient (Wildman–Crippen LogP) is 0.241. The van der Waals surface area contributed by atoms with Crippen molar-refractivity contribution in [2.75, 3.05) is 42.6 Å². The molecule has 2 aliphatic heterocycles. The van der Waals surface area contributed by atoms with E-state index in [9.17, 15) is 8.42 Å². The predicted molar refractivity (Wildman–Crippen MR) is 85.4 cm³/mol. The molecule has 2 heterocycles. The molecular formula is C15H23N3O2S. The normalized spacial score (nSPS) is 29.7. The highest BCUT2D eigenvalue weighted by Gasteiger charge is 2.39. The Morgan fingerprint density at radius 2 is 1.86 bits per heavy atom. The second-order valence-corrected chi connectivity index (χ2v) is 8.32. The summed E-state index contributed by atoms with van der Waals surface area (Å²) in [5.74, 6) is 0.356. The minimum absolute atomic E-state index is 0.00494. The molecule has 0 amide bonds. The lowest BCUT2D eigenvalue weighted by atomic mass is 10.1. The zero-order chi connectivity index (χ0) is 15.0. The minimum atomic E-state index is -2.95. The third-order valence-corrected chi connectivity index (χ3v) is 6.26. The first-order valence-corrected chi connectivity index (χ1v) is 9.28. The maximum atomic E-state index is 11.7. The molecule has 5 nitrogen and oxygen atoms in total. The Bertz CT molecular complexity index is 609. The molecule has 116 valence electrons. The van der Waals surface area contributed by atoms with Gasteiger partial charge in [-0.15, -0.1) is 0 Å². The third kappa shape index (κ3) is 3.22. The Kier molecular flexibility index (Phi) is 3.94. The van der Waals surface area contributed by atoms with Gasteiger partial charge in [0.25, 0.3) is 0 Å². The van der Waals surface area contributed by atoms with Crippen molar-refractivity contribution in [3.8, 4) is 0 Å². The molecule has 0 saturated carbocycles. The van der Waals surface area contributed by atoms with Gasteiger partial charge in [-0.25, -0.2) is 8.42 Å². The summed E-state index contributed by atoms with van der Waals surface area (Å²) in [4.78, 5) is 4.61. The molecule has 2 unspecified atom stereocenters. The van der Waals surface area contributed by atoms with Crippen molar-refractivity contribution in [2.45, 2.75) is 19.0 Å². The number of sulfone groups is 1. The van der Waals surface area contributed by atoms with Gasteiger partial charge in [-0.3, -0.25) is 4.90 Å². The smallest absolute Gasteiger partial charge is 0.153 e. The van der Waals surface area contributed by atoms with Crippen LogP contribution in [0, 0.1) is 6.92 Å². The summed E-state index contributed by atoms with van der Waals surface area (Å²) in [6.45, 7) is 5.70. The van der Waals surface area contributed by atoms with Gasteiger partial charge >= 0.3 is 0 Å². The van der Waals surface area contributed by atoms with E-state index in [2.05, 4.69) is 41.0 Å². The van der Waals surface area contributed by atoms with Gasteiger partial charge in [0.05, 0.1) is 11.5 Å². The Hall–Kier alpha value is -1.11. The highest BCUT2D eigenvalue weighted by atomic mass is 32.2. The Morgan fingerprint density at radius 1 is 1.14 bits per heavy atom. The number of piperazine rings is 1. The number of rotatable bonds is 2. The van der Waals surface area contributed by atoms with Gasteiger partial charge in [-0.2, -0.15) is 0 Å². The average Bonchev–Trinajstić information content (AvgIpc) is 2.72. The molecule has 2 atom stereocenters. The van der Waals surface area contributed by atoms with E-state index in [0.717, 1.165) is 26.2 Å². The van der Waals surface area contributed by atoms with Gasteiger partial charge in [0, 0.05) is 44.0 Å². The molecule has 6 heteroatoms. The maximum Gasteiger partial charge on any atom is 0.153 e. The van der Waals surface area contributed by atoms with Crippen LogP contribution in [0.3, 0.4) is 0 Å². The van der Waals surface area contributed by atoms with Crippen LogP contribution in [0.15, 0.2) is 24.3 Å². The molecule has 0 radical (unpaired) electrons. The molecule has 0 aromatic heterocycles. The number of nitrogens with two attached hydrogens (primary N) is 1. The summed E-state index contributed by atoms with van der Waals surface area (Å²) < 4.78 is 23.4. The summed E-state index contributed by atoms with van der Waals surface area (Å²) in [5.41, 5.74) is 8.53. The first-order chi connectivity index (χ1) is 9.94. The second-order valence-electron chi connectivity index (χ2n) is 6.17. The van der Waals surface area contributed by atoms with Crippen molar-refractivity contribution in [2.24, 2.45) is 5.73 Å². The molecule has 3 rings (SSSR count). The van der Waals surface area contributed by atoms with Gasteiger partial charge in [-0.05, 0) is 24.6 Å². The summed E-state index contributed by atoms with van der Waals surface area (Å²) in [6, 6.07) is 8.27. The Morgan fingerprint density at radius 3 is 2.43 bits per heavy atom. The van der Waals surface area contributed by atoms with Gasteiger partial charge < -0.3 is 10.6 Å². The quantitative estimate of drug-likeness (QED) is 0.848. The molecule has 1 aromatic carbocycles. The first-order valence-electron chi connectivity index (χ1n) is 7.46. The van der Waals surface area contributed by atoms with Crippen LogP contribution < -0.4 is 10.6 Å². The molecule has 0 aliphatic carbocycles. The summed E-state index contributed by atoms with van der Waals surface area (Å²) in [5, 5.41) is 0. The Balaban J connectivity index is 1.63. The molecule has 1 aromatic rings. The molecule has 21 heavy (non-hydrogen) atoms. The van der Waals surface area contributed by atoms with Crippen LogP contribution in [0.2, 0.25) is 0 Å². The average molecular weight is 309 g/mol. The van der Waals surface area contributed by atoms with Gasteiger partial charge in [0.1, 0.15) is 0 Å². The zero-order valence-electron chi connectivity index (χ0n) is 12.4. The van der Waals surface area contributed by atoms with Crippen LogP contribution in [0.5, 0.6) is 0 Å². The molecule has 2 N–H and O–H groups in total. The highest BCUT2D eigenvalue weighted by Crippen LogP contribution is 2.22. The number of aryl methyl sites for hydroxylation is 1. The highest BCUT2D eigenvalue weighted by molar-refractivity contribution is 7.91. The van der Waals surface area contributed by atoms with Crippen molar-refractivity contribution in [1.82, 2.24) is 4.90 Å². The van der Waals surface area contributed by atoms with Crippen molar-refractivity contribution in [3.05, 3.63) is 29.8 Å². The van der Waals surface area contributed by atoms with Gasteiger partial charge in [-0.1, -0.05) is 12.1 Å². The largest absolute Gasteiger partial charge is 0.369 e. The van der Waals surface area contributed by atoms with Crippen molar-refractivity contribution < 1.29 is 8.42 Å².